The summed E-state index contributed by atoms with van der Waals surface area (Å²) >= 11 is 5.69. The van der Waals surface area contributed by atoms with Gasteiger partial charge >= 0.3 is 5.69 Å². The molecule has 0 spiro atoms. The molecule has 2 N–H and O–H groups in total. The van der Waals surface area contributed by atoms with Crippen LogP contribution in [0.2, 0.25) is 5.02 Å². The van der Waals surface area contributed by atoms with Crippen molar-refractivity contribution in [2.45, 2.75) is 13.0 Å². The van der Waals surface area contributed by atoms with Gasteiger partial charge in [-0.25, -0.2) is 4.98 Å². The van der Waals surface area contributed by atoms with Crippen LogP contribution in [0.1, 0.15) is 18.5 Å². The molecule has 0 saturated carbocycles. The fourth-order valence-corrected chi connectivity index (χ4v) is 1.62. The lowest BCUT2D eigenvalue weighted by molar-refractivity contribution is -0.384. The van der Waals surface area contributed by atoms with E-state index in [0.29, 0.717) is 0 Å². The summed E-state index contributed by atoms with van der Waals surface area (Å²) < 4.78 is 0. The molecule has 0 aliphatic carbocycles. The van der Waals surface area contributed by atoms with Gasteiger partial charge in [0.25, 0.3) is 0 Å². The molecule has 2 heterocycles. The molecule has 0 amide bonds. The van der Waals surface area contributed by atoms with Gasteiger partial charge in [0.1, 0.15) is 0 Å². The lowest BCUT2D eigenvalue weighted by Gasteiger charge is -2.12. The Kier molecular flexibility index (Phi) is 3.42. The Morgan fingerprint density at radius 1 is 1.56 bits per heavy atom. The zero-order chi connectivity index (χ0) is 13.1. The topological polar surface area (TPSA) is 96.7 Å². The molecule has 0 radical (unpaired) electrons. The third kappa shape index (κ3) is 2.57. The van der Waals surface area contributed by atoms with Crippen molar-refractivity contribution < 1.29 is 4.92 Å². The minimum Gasteiger partial charge on any atom is -0.358 e. The molecule has 2 aromatic rings. The maximum atomic E-state index is 10.9. The summed E-state index contributed by atoms with van der Waals surface area (Å²) in [5.74, 6) is 0.179. The molecule has 1 atom stereocenters. The van der Waals surface area contributed by atoms with Crippen LogP contribution in [0, 0.1) is 10.1 Å². The van der Waals surface area contributed by atoms with Gasteiger partial charge in [-0.1, -0.05) is 11.6 Å². The molecular weight excluding hydrogens is 258 g/mol. The first-order chi connectivity index (χ1) is 8.58. The van der Waals surface area contributed by atoms with E-state index in [1.165, 1.54) is 12.3 Å². The summed E-state index contributed by atoms with van der Waals surface area (Å²) in [7, 11) is 0. The Labute approximate surface area is 107 Å². The number of anilines is 1. The Morgan fingerprint density at radius 3 is 2.94 bits per heavy atom. The number of nitrogens with zero attached hydrogens (tertiary/aromatic N) is 3. The summed E-state index contributed by atoms with van der Waals surface area (Å²) in [5.41, 5.74) is 0.721. The first kappa shape index (κ1) is 12.3. The Hall–Kier alpha value is -2.15. The fourth-order valence-electron chi connectivity index (χ4n) is 1.47. The van der Waals surface area contributed by atoms with Crippen LogP contribution in [-0.2, 0) is 0 Å². The number of aromatic nitrogens is 3. The van der Waals surface area contributed by atoms with Crippen molar-refractivity contribution in [3.63, 3.8) is 0 Å². The van der Waals surface area contributed by atoms with Gasteiger partial charge in [0.05, 0.1) is 22.2 Å². The number of hydrogen-bond donors (Lipinski definition) is 2. The third-order valence-electron chi connectivity index (χ3n) is 2.40. The van der Waals surface area contributed by atoms with Crippen molar-refractivity contribution in [2.24, 2.45) is 0 Å². The lowest BCUT2D eigenvalue weighted by atomic mass is 10.2. The van der Waals surface area contributed by atoms with E-state index in [2.05, 4.69) is 20.5 Å². The summed E-state index contributed by atoms with van der Waals surface area (Å²) in [6.45, 7) is 1.85. The van der Waals surface area contributed by atoms with E-state index < -0.39 is 4.92 Å². The molecule has 0 saturated heterocycles. The molecule has 2 aromatic heterocycles. The van der Waals surface area contributed by atoms with Crippen molar-refractivity contribution in [1.29, 1.82) is 0 Å². The van der Waals surface area contributed by atoms with E-state index in [1.807, 2.05) is 6.92 Å². The number of hydrogen-bond acceptors (Lipinski definition) is 5. The highest BCUT2D eigenvalue weighted by atomic mass is 35.5. The van der Waals surface area contributed by atoms with Crippen LogP contribution >= 0.6 is 11.6 Å². The minimum atomic E-state index is -0.525. The molecule has 7 nitrogen and oxygen atoms in total. The van der Waals surface area contributed by atoms with Gasteiger partial charge in [-0.15, -0.1) is 0 Å². The molecule has 1 unspecified atom stereocenters. The molecule has 0 aromatic carbocycles. The number of rotatable bonds is 4. The van der Waals surface area contributed by atoms with Crippen LogP contribution in [0.5, 0.6) is 0 Å². The van der Waals surface area contributed by atoms with Gasteiger partial charge < -0.3 is 5.32 Å². The van der Waals surface area contributed by atoms with Crippen LogP contribution in [-0.4, -0.2) is 20.1 Å². The number of halogens is 1. The largest absolute Gasteiger partial charge is 0.358 e. The molecule has 8 heteroatoms. The Balaban J connectivity index is 2.26. The van der Waals surface area contributed by atoms with Gasteiger partial charge in [-0.2, -0.15) is 5.10 Å². The van der Waals surface area contributed by atoms with Crippen LogP contribution in [0.3, 0.4) is 0 Å². The standard InChI is InChI=1S/C10H10ClN5O2/c1-6(7-3-13-14-4-7)15-10-9(16(17)18)2-8(11)5-12-10/h2-6H,1H3,(H,12,15)(H,13,14). The molecule has 0 aliphatic heterocycles. The Bertz CT molecular complexity index is 557. The second kappa shape index (κ2) is 5.01. The zero-order valence-electron chi connectivity index (χ0n) is 9.42. The highest BCUT2D eigenvalue weighted by molar-refractivity contribution is 6.30. The lowest BCUT2D eigenvalue weighted by Crippen LogP contribution is -2.09. The second-order valence-electron chi connectivity index (χ2n) is 3.68. The predicted octanol–water partition coefficient (Wildman–Crippen LogP) is 2.54. The number of nitro groups is 1. The highest BCUT2D eigenvalue weighted by Gasteiger charge is 2.18. The van der Waals surface area contributed by atoms with E-state index >= 15 is 0 Å². The highest BCUT2D eigenvalue weighted by Crippen LogP contribution is 2.27. The molecule has 0 aliphatic rings. The third-order valence-corrected chi connectivity index (χ3v) is 2.61. The Morgan fingerprint density at radius 2 is 2.33 bits per heavy atom. The average molecular weight is 268 g/mol. The maximum absolute atomic E-state index is 10.9. The molecule has 94 valence electrons. The summed E-state index contributed by atoms with van der Waals surface area (Å²) in [6, 6.07) is 1.11. The molecule has 18 heavy (non-hydrogen) atoms. The number of aromatic amines is 1. The summed E-state index contributed by atoms with van der Waals surface area (Å²) in [6.07, 6.45) is 4.71. The van der Waals surface area contributed by atoms with E-state index in [-0.39, 0.29) is 22.6 Å². The van der Waals surface area contributed by atoms with Crippen molar-refractivity contribution in [2.75, 3.05) is 5.32 Å². The van der Waals surface area contributed by atoms with Crippen LogP contribution in [0.4, 0.5) is 11.5 Å². The molecular formula is C10H10ClN5O2. The summed E-state index contributed by atoms with van der Waals surface area (Å²) in [5, 5.41) is 20.6. The van der Waals surface area contributed by atoms with E-state index in [0.717, 1.165) is 5.56 Å². The summed E-state index contributed by atoms with van der Waals surface area (Å²) in [4.78, 5) is 14.3. The number of pyridine rings is 1. The normalized spacial score (nSPS) is 12.1. The van der Waals surface area contributed by atoms with Gasteiger partial charge in [0, 0.05) is 24.0 Å². The minimum absolute atomic E-state index is 0.155. The first-order valence-electron chi connectivity index (χ1n) is 5.13. The van der Waals surface area contributed by atoms with Gasteiger partial charge in [-0.3, -0.25) is 15.2 Å². The molecule has 0 fully saturated rings. The van der Waals surface area contributed by atoms with E-state index in [9.17, 15) is 10.1 Å². The van der Waals surface area contributed by atoms with Crippen molar-refractivity contribution in [3.05, 3.63) is 45.4 Å². The first-order valence-corrected chi connectivity index (χ1v) is 5.51. The van der Waals surface area contributed by atoms with Gasteiger partial charge in [-0.05, 0) is 6.92 Å². The SMILES string of the molecule is CC(Nc1ncc(Cl)cc1[N+](=O)[O-])c1cn[nH]c1. The van der Waals surface area contributed by atoms with E-state index in [4.69, 9.17) is 11.6 Å². The van der Waals surface area contributed by atoms with Gasteiger partial charge in [0.15, 0.2) is 0 Å². The van der Waals surface area contributed by atoms with Crippen molar-refractivity contribution in [3.8, 4) is 0 Å². The fraction of sp³-hybridized carbons (Fsp3) is 0.200. The van der Waals surface area contributed by atoms with Crippen LogP contribution in [0.25, 0.3) is 0 Å². The van der Waals surface area contributed by atoms with Crippen LogP contribution < -0.4 is 5.32 Å². The average Bonchev–Trinajstić information content (AvgIpc) is 2.84. The monoisotopic (exact) mass is 267 g/mol. The van der Waals surface area contributed by atoms with Crippen molar-refractivity contribution in [1.82, 2.24) is 15.2 Å². The van der Waals surface area contributed by atoms with E-state index in [1.54, 1.807) is 12.4 Å². The zero-order valence-corrected chi connectivity index (χ0v) is 10.2. The van der Waals surface area contributed by atoms with Crippen LogP contribution in [0.15, 0.2) is 24.7 Å². The molecule has 0 bridgehead atoms. The van der Waals surface area contributed by atoms with Crippen molar-refractivity contribution >= 4 is 23.1 Å². The predicted molar refractivity (Wildman–Crippen MR) is 66.5 cm³/mol. The smallest absolute Gasteiger partial charge is 0.312 e. The second-order valence-corrected chi connectivity index (χ2v) is 4.11. The number of nitrogens with one attached hydrogen (secondary N) is 2. The molecule has 2 rings (SSSR count). The van der Waals surface area contributed by atoms with Gasteiger partial charge in [0.2, 0.25) is 5.82 Å². The quantitative estimate of drug-likeness (QED) is 0.655. The maximum Gasteiger partial charge on any atom is 0.312 e. The number of H-pyrrole nitrogens is 1.